The predicted molar refractivity (Wildman–Crippen MR) is 124 cm³/mol. The summed E-state index contributed by atoms with van der Waals surface area (Å²) in [6.07, 6.45) is 2.21. The van der Waals surface area contributed by atoms with Crippen molar-refractivity contribution in [1.82, 2.24) is 10.2 Å². The highest BCUT2D eigenvalue weighted by Crippen LogP contribution is 2.35. The van der Waals surface area contributed by atoms with E-state index in [-0.39, 0.29) is 24.0 Å². The molecule has 0 saturated carbocycles. The van der Waals surface area contributed by atoms with Gasteiger partial charge in [-0.15, -0.1) is 0 Å². The monoisotopic (exact) mass is 485 g/mol. The van der Waals surface area contributed by atoms with Crippen LogP contribution in [-0.2, 0) is 11.3 Å². The Morgan fingerprint density at radius 3 is 2.65 bits per heavy atom. The number of amides is 3. The number of ether oxygens (including phenoxy) is 1. The molecule has 2 aromatic carbocycles. The highest BCUT2D eigenvalue weighted by Gasteiger charge is 2.34. The average Bonchev–Trinajstić information content (AvgIpc) is 2.81. The Morgan fingerprint density at radius 2 is 1.90 bits per heavy atom. The molecule has 2 aromatic rings. The molecule has 4 rings (SSSR count). The summed E-state index contributed by atoms with van der Waals surface area (Å²) in [7, 11) is 0. The van der Waals surface area contributed by atoms with Crippen LogP contribution in [0.15, 0.2) is 53.0 Å². The van der Waals surface area contributed by atoms with E-state index in [0.717, 1.165) is 27.9 Å². The van der Waals surface area contributed by atoms with Gasteiger partial charge in [0, 0.05) is 30.0 Å². The van der Waals surface area contributed by atoms with Crippen molar-refractivity contribution in [3.05, 3.63) is 58.6 Å². The lowest BCUT2D eigenvalue weighted by molar-refractivity contribution is -0.126. The number of halogens is 1. The number of anilines is 1. The van der Waals surface area contributed by atoms with Crippen LogP contribution in [0.3, 0.4) is 0 Å². The van der Waals surface area contributed by atoms with Crippen molar-refractivity contribution in [2.24, 2.45) is 5.92 Å². The number of hydrogen-bond acceptors (Lipinski definition) is 3. The van der Waals surface area contributed by atoms with E-state index in [2.05, 4.69) is 28.2 Å². The van der Waals surface area contributed by atoms with Crippen molar-refractivity contribution in [3.63, 3.8) is 0 Å². The molecule has 7 heteroatoms. The largest absolute Gasteiger partial charge is 0.486 e. The quantitative estimate of drug-likeness (QED) is 0.689. The normalized spacial score (nSPS) is 18.8. The average molecular weight is 486 g/mol. The highest BCUT2D eigenvalue weighted by atomic mass is 79.9. The molecule has 0 aromatic heterocycles. The molecule has 3 amide bonds. The van der Waals surface area contributed by atoms with Gasteiger partial charge in [0.05, 0.1) is 12.2 Å². The summed E-state index contributed by atoms with van der Waals surface area (Å²) in [6.45, 7) is 4.31. The third kappa shape index (κ3) is 5.03. The van der Waals surface area contributed by atoms with E-state index in [1.165, 1.54) is 0 Å². The fourth-order valence-electron chi connectivity index (χ4n) is 4.18. The third-order valence-electron chi connectivity index (χ3n) is 6.01. The summed E-state index contributed by atoms with van der Waals surface area (Å²) in [5, 5.41) is 3.04. The lowest BCUT2D eigenvalue weighted by Gasteiger charge is -2.39. The summed E-state index contributed by atoms with van der Waals surface area (Å²) in [5.41, 5.74) is 1.89. The Balaban J connectivity index is 1.33. The number of nitrogens with one attached hydrogen (secondary N) is 1. The van der Waals surface area contributed by atoms with Crippen LogP contribution in [0.25, 0.3) is 0 Å². The molecular weight excluding hydrogens is 458 g/mol. The number of piperidine rings is 1. The molecule has 1 fully saturated rings. The molecule has 0 radical (unpaired) electrons. The van der Waals surface area contributed by atoms with E-state index in [0.29, 0.717) is 39.0 Å². The number of likely N-dealkylation sites (tertiary alicyclic amines) is 1. The molecule has 164 valence electrons. The first-order chi connectivity index (χ1) is 15.0. The van der Waals surface area contributed by atoms with Gasteiger partial charge in [-0.25, -0.2) is 4.79 Å². The van der Waals surface area contributed by atoms with Crippen molar-refractivity contribution < 1.29 is 14.3 Å². The summed E-state index contributed by atoms with van der Waals surface area (Å²) in [4.78, 5) is 29.6. The number of rotatable bonds is 4. The number of carbonyl (C=O) groups excluding carboxylic acids is 2. The van der Waals surface area contributed by atoms with Crippen LogP contribution < -0.4 is 15.0 Å². The number of hydrogen-bond donors (Lipinski definition) is 1. The maximum absolute atomic E-state index is 13.3. The fourth-order valence-corrected chi connectivity index (χ4v) is 4.62. The molecular formula is C24H28BrN3O3. The Kier molecular flexibility index (Phi) is 6.80. The Bertz CT molecular complexity index is 943. The molecule has 0 unspecified atom stereocenters. The van der Waals surface area contributed by atoms with E-state index < -0.39 is 0 Å². The van der Waals surface area contributed by atoms with E-state index in [1.54, 1.807) is 0 Å². The summed E-state index contributed by atoms with van der Waals surface area (Å²) in [5.74, 6) is 0.766. The van der Waals surface area contributed by atoms with Gasteiger partial charge in [0.2, 0.25) is 5.91 Å². The van der Waals surface area contributed by atoms with Crippen LogP contribution in [0.1, 0.15) is 31.7 Å². The first-order valence-electron chi connectivity index (χ1n) is 10.9. The van der Waals surface area contributed by atoms with Gasteiger partial charge in [-0.3, -0.25) is 9.69 Å². The van der Waals surface area contributed by atoms with Gasteiger partial charge < -0.3 is 15.0 Å². The molecule has 31 heavy (non-hydrogen) atoms. The molecule has 0 spiro atoms. The maximum Gasteiger partial charge on any atom is 0.324 e. The lowest BCUT2D eigenvalue weighted by atomic mass is 9.96. The highest BCUT2D eigenvalue weighted by molar-refractivity contribution is 9.10. The molecule has 1 saturated heterocycles. The maximum atomic E-state index is 13.3. The minimum atomic E-state index is -0.0587. The molecule has 2 aliphatic rings. The standard InChI is InChI=1S/C24H28BrN3O3/c1-2-20-16-28(21-8-3-4-9-22(21)31-20)24(30)27-12-10-18(11-13-27)23(29)26-15-17-6-5-7-19(25)14-17/h3-9,14,18,20H,2,10-13,15-16H2,1H3,(H,26,29)/t20-/m1/s1. The van der Waals surface area contributed by atoms with Crippen LogP contribution in [0, 0.1) is 5.92 Å². The van der Waals surface area contributed by atoms with E-state index in [4.69, 9.17) is 4.74 Å². The lowest BCUT2D eigenvalue weighted by Crippen LogP contribution is -2.52. The zero-order valence-electron chi connectivity index (χ0n) is 17.7. The number of carbonyl (C=O) groups is 2. The summed E-state index contributed by atoms with van der Waals surface area (Å²) >= 11 is 3.46. The number of nitrogens with zero attached hydrogens (tertiary/aromatic N) is 2. The second kappa shape index (κ2) is 9.73. The topological polar surface area (TPSA) is 61.9 Å². The van der Waals surface area contributed by atoms with Crippen LogP contribution >= 0.6 is 15.9 Å². The molecule has 2 aliphatic heterocycles. The van der Waals surface area contributed by atoms with E-state index in [1.807, 2.05) is 58.3 Å². The van der Waals surface area contributed by atoms with Gasteiger partial charge in [-0.2, -0.15) is 0 Å². The van der Waals surface area contributed by atoms with Crippen molar-refractivity contribution >= 4 is 33.6 Å². The molecule has 0 aliphatic carbocycles. The second-order valence-electron chi connectivity index (χ2n) is 8.12. The fraction of sp³-hybridized carbons (Fsp3) is 0.417. The molecule has 6 nitrogen and oxygen atoms in total. The summed E-state index contributed by atoms with van der Waals surface area (Å²) < 4.78 is 7.00. The van der Waals surface area contributed by atoms with Crippen LogP contribution in [0.4, 0.5) is 10.5 Å². The smallest absolute Gasteiger partial charge is 0.324 e. The molecule has 2 heterocycles. The predicted octanol–water partition coefficient (Wildman–Crippen LogP) is 4.57. The van der Waals surface area contributed by atoms with Crippen LogP contribution in [0.2, 0.25) is 0 Å². The first-order valence-corrected chi connectivity index (χ1v) is 11.7. The zero-order chi connectivity index (χ0) is 21.8. The number of urea groups is 1. The van der Waals surface area contributed by atoms with E-state index >= 15 is 0 Å². The van der Waals surface area contributed by atoms with Crippen LogP contribution in [-0.4, -0.2) is 42.6 Å². The van der Waals surface area contributed by atoms with Gasteiger partial charge in [0.25, 0.3) is 0 Å². The number of para-hydroxylation sites is 2. The number of benzene rings is 2. The first kappa shape index (κ1) is 21.7. The van der Waals surface area contributed by atoms with Crippen molar-refractivity contribution in [1.29, 1.82) is 0 Å². The number of fused-ring (bicyclic) bond motifs is 1. The van der Waals surface area contributed by atoms with Gasteiger partial charge in [-0.05, 0) is 49.1 Å². The van der Waals surface area contributed by atoms with Crippen molar-refractivity contribution in [2.45, 2.75) is 38.8 Å². The van der Waals surface area contributed by atoms with Gasteiger partial charge in [0.15, 0.2) is 0 Å². The SMILES string of the molecule is CC[C@@H]1CN(C(=O)N2CCC(C(=O)NCc3cccc(Br)c3)CC2)c2ccccc2O1. The molecule has 0 bridgehead atoms. The van der Waals surface area contributed by atoms with Gasteiger partial charge in [0.1, 0.15) is 11.9 Å². The Morgan fingerprint density at radius 1 is 1.13 bits per heavy atom. The van der Waals surface area contributed by atoms with Gasteiger partial charge in [-0.1, -0.05) is 47.1 Å². The van der Waals surface area contributed by atoms with Crippen molar-refractivity contribution in [3.8, 4) is 5.75 Å². The third-order valence-corrected chi connectivity index (χ3v) is 6.51. The minimum Gasteiger partial charge on any atom is -0.486 e. The Hall–Kier alpha value is -2.54. The zero-order valence-corrected chi connectivity index (χ0v) is 19.3. The van der Waals surface area contributed by atoms with Crippen LogP contribution in [0.5, 0.6) is 5.75 Å². The van der Waals surface area contributed by atoms with Crippen molar-refractivity contribution in [2.75, 3.05) is 24.5 Å². The summed E-state index contributed by atoms with van der Waals surface area (Å²) in [6, 6.07) is 15.6. The second-order valence-corrected chi connectivity index (χ2v) is 9.03. The van der Waals surface area contributed by atoms with E-state index in [9.17, 15) is 9.59 Å². The Labute approximate surface area is 191 Å². The van der Waals surface area contributed by atoms with Gasteiger partial charge >= 0.3 is 6.03 Å². The molecule has 1 atom stereocenters. The minimum absolute atomic E-state index is 0.000176. The molecule has 1 N–H and O–H groups in total.